The molecule has 0 aliphatic rings. The summed E-state index contributed by atoms with van der Waals surface area (Å²) in [6, 6.07) is 5.23. The van der Waals surface area contributed by atoms with Crippen LogP contribution in [0.15, 0.2) is 23.0 Å². The van der Waals surface area contributed by atoms with Crippen LogP contribution >= 0.6 is 11.3 Å². The second-order valence-electron chi connectivity index (χ2n) is 2.77. The number of nitrogens with zero attached hydrogens (tertiary/aromatic N) is 1. The first-order valence-corrected chi connectivity index (χ1v) is 4.59. The SMILES string of the molecule is Cn1c(=O)sc2ccc(C=O)cc21. The highest BCUT2D eigenvalue weighted by atomic mass is 32.1. The third-order valence-electron chi connectivity index (χ3n) is 1.95. The van der Waals surface area contributed by atoms with E-state index in [4.69, 9.17) is 0 Å². The van der Waals surface area contributed by atoms with Crippen molar-refractivity contribution in [3.8, 4) is 0 Å². The van der Waals surface area contributed by atoms with Crippen molar-refractivity contribution in [1.29, 1.82) is 0 Å². The number of aldehydes is 1. The van der Waals surface area contributed by atoms with Gasteiger partial charge in [0.05, 0.1) is 10.2 Å². The van der Waals surface area contributed by atoms with Crippen LogP contribution in [0.4, 0.5) is 0 Å². The molecule has 0 bridgehead atoms. The Balaban J connectivity index is 2.89. The molecular formula is C9H7NO2S. The Hall–Kier alpha value is -1.42. The Bertz CT molecular complexity index is 524. The van der Waals surface area contributed by atoms with Crippen LogP contribution in [0.3, 0.4) is 0 Å². The van der Waals surface area contributed by atoms with Gasteiger partial charge in [0.25, 0.3) is 0 Å². The topological polar surface area (TPSA) is 39.1 Å². The van der Waals surface area contributed by atoms with Crippen molar-refractivity contribution in [1.82, 2.24) is 4.57 Å². The largest absolute Gasteiger partial charge is 0.307 e. The molecular weight excluding hydrogens is 186 g/mol. The molecule has 0 atom stereocenters. The highest BCUT2D eigenvalue weighted by molar-refractivity contribution is 7.16. The molecule has 66 valence electrons. The number of carbonyl (C=O) groups is 1. The highest BCUT2D eigenvalue weighted by Gasteiger charge is 2.03. The minimum atomic E-state index is -0.00181. The maximum absolute atomic E-state index is 11.2. The molecule has 0 radical (unpaired) electrons. The third-order valence-corrected chi connectivity index (χ3v) is 2.97. The zero-order chi connectivity index (χ0) is 9.42. The summed E-state index contributed by atoms with van der Waals surface area (Å²) in [6.07, 6.45) is 0.779. The normalized spacial score (nSPS) is 10.5. The number of aryl methyl sites for hydroxylation is 1. The third kappa shape index (κ3) is 1.19. The molecule has 1 aromatic carbocycles. The smallest absolute Gasteiger partial charge is 0.302 e. The molecule has 0 saturated carbocycles. The van der Waals surface area contributed by atoms with Crippen molar-refractivity contribution in [2.24, 2.45) is 7.05 Å². The van der Waals surface area contributed by atoms with E-state index in [-0.39, 0.29) is 4.87 Å². The molecule has 4 heteroatoms. The summed E-state index contributed by atoms with van der Waals surface area (Å²) in [5.74, 6) is 0. The molecule has 0 aliphatic carbocycles. The van der Waals surface area contributed by atoms with Crippen molar-refractivity contribution >= 4 is 27.8 Å². The number of fused-ring (bicyclic) bond motifs is 1. The van der Waals surface area contributed by atoms with Gasteiger partial charge in [-0.05, 0) is 12.1 Å². The fourth-order valence-corrected chi connectivity index (χ4v) is 2.08. The lowest BCUT2D eigenvalue weighted by Crippen LogP contribution is -2.06. The number of thiazole rings is 1. The van der Waals surface area contributed by atoms with Gasteiger partial charge in [-0.3, -0.25) is 9.59 Å². The fraction of sp³-hybridized carbons (Fsp3) is 0.111. The first kappa shape index (κ1) is 8.19. The Morgan fingerprint density at radius 1 is 1.46 bits per heavy atom. The number of rotatable bonds is 1. The lowest BCUT2D eigenvalue weighted by Gasteiger charge is -1.93. The van der Waals surface area contributed by atoms with Crippen LogP contribution in [-0.4, -0.2) is 10.9 Å². The molecule has 0 spiro atoms. The van der Waals surface area contributed by atoms with Crippen LogP contribution in [0.5, 0.6) is 0 Å². The molecule has 13 heavy (non-hydrogen) atoms. The minimum absolute atomic E-state index is 0.00181. The lowest BCUT2D eigenvalue weighted by molar-refractivity contribution is 0.112. The molecule has 0 amide bonds. The van der Waals surface area contributed by atoms with Crippen molar-refractivity contribution in [2.75, 3.05) is 0 Å². The summed E-state index contributed by atoms with van der Waals surface area (Å²) in [4.78, 5) is 21.7. The Morgan fingerprint density at radius 2 is 2.23 bits per heavy atom. The summed E-state index contributed by atoms with van der Waals surface area (Å²) >= 11 is 1.19. The second-order valence-corrected chi connectivity index (χ2v) is 3.77. The van der Waals surface area contributed by atoms with Crippen molar-refractivity contribution in [3.63, 3.8) is 0 Å². The molecule has 2 rings (SSSR count). The average Bonchev–Trinajstić information content (AvgIpc) is 2.43. The quantitative estimate of drug-likeness (QED) is 0.642. The first-order chi connectivity index (χ1) is 6.22. The fourth-order valence-electron chi connectivity index (χ4n) is 1.22. The summed E-state index contributed by atoms with van der Waals surface area (Å²) in [6.45, 7) is 0. The average molecular weight is 193 g/mol. The zero-order valence-electron chi connectivity index (χ0n) is 6.98. The van der Waals surface area contributed by atoms with Crippen LogP contribution in [0, 0.1) is 0 Å². The molecule has 0 fully saturated rings. The highest BCUT2D eigenvalue weighted by Crippen LogP contribution is 2.16. The van der Waals surface area contributed by atoms with E-state index in [9.17, 15) is 9.59 Å². The van der Waals surface area contributed by atoms with E-state index in [1.807, 2.05) is 0 Å². The summed E-state index contributed by atoms with van der Waals surface area (Å²) < 4.78 is 2.46. The summed E-state index contributed by atoms with van der Waals surface area (Å²) in [5.41, 5.74) is 1.42. The number of carbonyl (C=O) groups excluding carboxylic acids is 1. The number of aromatic nitrogens is 1. The molecule has 0 aliphatic heterocycles. The van der Waals surface area contributed by atoms with Gasteiger partial charge in [-0.2, -0.15) is 0 Å². The second kappa shape index (κ2) is 2.81. The predicted molar refractivity (Wildman–Crippen MR) is 52.5 cm³/mol. The molecule has 0 unspecified atom stereocenters. The van der Waals surface area contributed by atoms with Gasteiger partial charge in [0.1, 0.15) is 6.29 Å². The van der Waals surface area contributed by atoms with Gasteiger partial charge in [0.2, 0.25) is 0 Å². The molecule has 0 saturated heterocycles. The van der Waals surface area contributed by atoms with E-state index >= 15 is 0 Å². The van der Waals surface area contributed by atoms with Gasteiger partial charge in [-0.25, -0.2) is 0 Å². The number of hydrogen-bond donors (Lipinski definition) is 0. The molecule has 2 aromatic rings. The van der Waals surface area contributed by atoms with Gasteiger partial charge in [-0.15, -0.1) is 0 Å². The minimum Gasteiger partial charge on any atom is -0.302 e. The van der Waals surface area contributed by atoms with E-state index < -0.39 is 0 Å². The van der Waals surface area contributed by atoms with Gasteiger partial charge >= 0.3 is 4.87 Å². The van der Waals surface area contributed by atoms with Crippen molar-refractivity contribution in [3.05, 3.63) is 33.4 Å². The van der Waals surface area contributed by atoms with Crippen LogP contribution < -0.4 is 4.87 Å². The summed E-state index contributed by atoms with van der Waals surface area (Å²) in [5, 5.41) is 0. The summed E-state index contributed by atoms with van der Waals surface area (Å²) in [7, 11) is 1.70. The van der Waals surface area contributed by atoms with E-state index in [1.165, 1.54) is 11.3 Å². The van der Waals surface area contributed by atoms with Crippen LogP contribution in [0.25, 0.3) is 10.2 Å². The van der Waals surface area contributed by atoms with Gasteiger partial charge in [0.15, 0.2) is 0 Å². The first-order valence-electron chi connectivity index (χ1n) is 3.77. The molecule has 3 nitrogen and oxygen atoms in total. The van der Waals surface area contributed by atoms with Crippen LogP contribution in [0.1, 0.15) is 10.4 Å². The number of hydrogen-bond acceptors (Lipinski definition) is 3. The van der Waals surface area contributed by atoms with E-state index in [0.29, 0.717) is 5.56 Å². The monoisotopic (exact) mass is 193 g/mol. The maximum atomic E-state index is 11.2. The van der Waals surface area contributed by atoms with Crippen LogP contribution in [-0.2, 0) is 7.05 Å². The Labute approximate surface area is 78.2 Å². The molecule has 1 aromatic heterocycles. The van der Waals surface area contributed by atoms with Crippen molar-refractivity contribution < 1.29 is 4.79 Å². The van der Waals surface area contributed by atoms with Gasteiger partial charge in [-0.1, -0.05) is 17.4 Å². The Kier molecular flexibility index (Phi) is 1.77. The number of benzene rings is 1. The predicted octanol–water partition coefficient (Wildman–Crippen LogP) is 1.41. The van der Waals surface area contributed by atoms with E-state index in [0.717, 1.165) is 16.5 Å². The van der Waals surface area contributed by atoms with E-state index in [2.05, 4.69) is 0 Å². The van der Waals surface area contributed by atoms with E-state index in [1.54, 1.807) is 29.8 Å². The van der Waals surface area contributed by atoms with Crippen molar-refractivity contribution in [2.45, 2.75) is 0 Å². The van der Waals surface area contributed by atoms with Gasteiger partial charge < -0.3 is 4.57 Å². The molecule has 1 heterocycles. The standard InChI is InChI=1S/C9H7NO2S/c1-10-7-4-6(5-11)2-3-8(7)13-9(10)12/h2-5H,1H3. The van der Waals surface area contributed by atoms with Gasteiger partial charge in [0, 0.05) is 12.6 Å². The maximum Gasteiger partial charge on any atom is 0.307 e. The van der Waals surface area contributed by atoms with Crippen LogP contribution in [0.2, 0.25) is 0 Å². The zero-order valence-corrected chi connectivity index (χ0v) is 7.80. The molecule has 0 N–H and O–H groups in total. The Morgan fingerprint density at radius 3 is 2.92 bits per heavy atom. The lowest BCUT2D eigenvalue weighted by atomic mass is 10.2.